The lowest BCUT2D eigenvalue weighted by Crippen LogP contribution is -2.13. The fourth-order valence-corrected chi connectivity index (χ4v) is 1.59. The first-order chi connectivity index (χ1) is 10.1. The molecule has 21 heavy (non-hydrogen) atoms. The van der Waals surface area contributed by atoms with Crippen molar-refractivity contribution in [3.05, 3.63) is 65.2 Å². The molecule has 0 spiro atoms. The van der Waals surface area contributed by atoms with Crippen molar-refractivity contribution in [3.8, 4) is 5.75 Å². The van der Waals surface area contributed by atoms with Gasteiger partial charge in [0, 0.05) is 0 Å². The highest BCUT2D eigenvalue weighted by atomic mass is 16.7. The number of phenols is 1. The third-order valence-corrected chi connectivity index (χ3v) is 2.77. The molecule has 5 heteroatoms. The van der Waals surface area contributed by atoms with Crippen molar-refractivity contribution in [2.75, 3.05) is 6.79 Å². The normalized spacial score (nSPS) is 9.95. The second kappa shape index (κ2) is 6.56. The molecule has 0 fully saturated rings. The van der Waals surface area contributed by atoms with Gasteiger partial charge in [0.2, 0.25) is 6.79 Å². The Hall–Kier alpha value is -2.82. The Balaban J connectivity index is 1.83. The molecule has 1 N–H and O–H groups in total. The van der Waals surface area contributed by atoms with E-state index in [9.17, 15) is 9.59 Å². The largest absolute Gasteiger partial charge is 0.508 e. The first kappa shape index (κ1) is 14.6. The Labute approximate surface area is 121 Å². The van der Waals surface area contributed by atoms with Gasteiger partial charge in [-0.25, -0.2) is 9.59 Å². The molecular weight excluding hydrogens is 272 g/mol. The maximum atomic E-state index is 11.7. The smallest absolute Gasteiger partial charge is 0.341 e. The van der Waals surface area contributed by atoms with Crippen molar-refractivity contribution in [3.63, 3.8) is 0 Å². The molecule has 2 aromatic carbocycles. The molecule has 0 saturated heterocycles. The average Bonchev–Trinajstić information content (AvgIpc) is 2.48. The number of aromatic hydroxyl groups is 1. The summed E-state index contributed by atoms with van der Waals surface area (Å²) in [5, 5.41) is 9.11. The van der Waals surface area contributed by atoms with Crippen molar-refractivity contribution in [2.45, 2.75) is 6.92 Å². The number of phenolic OH excluding ortho intramolecular Hbond substituents is 1. The van der Waals surface area contributed by atoms with Gasteiger partial charge in [-0.05, 0) is 43.3 Å². The van der Waals surface area contributed by atoms with Crippen molar-refractivity contribution >= 4 is 11.9 Å². The first-order valence-corrected chi connectivity index (χ1v) is 6.26. The number of rotatable bonds is 4. The molecule has 0 atom stereocenters. The number of benzene rings is 2. The summed E-state index contributed by atoms with van der Waals surface area (Å²) in [6, 6.07) is 12.4. The average molecular weight is 286 g/mol. The Morgan fingerprint density at radius 1 is 0.857 bits per heavy atom. The van der Waals surface area contributed by atoms with Crippen molar-refractivity contribution in [1.29, 1.82) is 0 Å². The molecule has 5 nitrogen and oxygen atoms in total. The van der Waals surface area contributed by atoms with Gasteiger partial charge in [0.05, 0.1) is 11.1 Å². The van der Waals surface area contributed by atoms with Crippen LogP contribution in [-0.4, -0.2) is 23.8 Å². The summed E-state index contributed by atoms with van der Waals surface area (Å²) in [4.78, 5) is 23.3. The van der Waals surface area contributed by atoms with Crippen molar-refractivity contribution in [1.82, 2.24) is 0 Å². The molecule has 0 radical (unpaired) electrons. The van der Waals surface area contributed by atoms with Gasteiger partial charge in [0.25, 0.3) is 0 Å². The summed E-state index contributed by atoms with van der Waals surface area (Å²) in [5.74, 6) is -1.14. The topological polar surface area (TPSA) is 72.8 Å². The van der Waals surface area contributed by atoms with E-state index < -0.39 is 18.7 Å². The van der Waals surface area contributed by atoms with E-state index >= 15 is 0 Å². The molecule has 0 heterocycles. The molecule has 0 aliphatic rings. The van der Waals surface area contributed by atoms with Gasteiger partial charge in [-0.1, -0.05) is 17.7 Å². The number of hydrogen-bond donors (Lipinski definition) is 1. The van der Waals surface area contributed by atoms with Crippen LogP contribution in [0.2, 0.25) is 0 Å². The zero-order valence-electron chi connectivity index (χ0n) is 11.4. The number of esters is 2. The van der Waals surface area contributed by atoms with Crippen LogP contribution in [-0.2, 0) is 9.47 Å². The molecule has 0 unspecified atom stereocenters. The lowest BCUT2D eigenvalue weighted by atomic mass is 10.2. The minimum Gasteiger partial charge on any atom is -0.508 e. The Morgan fingerprint density at radius 2 is 1.29 bits per heavy atom. The van der Waals surface area contributed by atoms with E-state index in [1.54, 1.807) is 24.3 Å². The standard InChI is InChI=1S/C16H14O5/c1-11-2-4-12(5-3-11)15(18)20-10-21-16(19)13-6-8-14(17)9-7-13/h2-9,17H,10H2,1H3. The number of carbonyl (C=O) groups excluding carboxylic acids is 2. The quantitative estimate of drug-likeness (QED) is 0.691. The highest BCUT2D eigenvalue weighted by Gasteiger charge is 2.10. The Bertz CT molecular complexity index is 571. The summed E-state index contributed by atoms with van der Waals surface area (Å²) in [6.45, 7) is 1.45. The number of aryl methyl sites for hydroxylation is 1. The van der Waals surface area contributed by atoms with Gasteiger partial charge >= 0.3 is 11.9 Å². The van der Waals surface area contributed by atoms with Gasteiger partial charge in [0.15, 0.2) is 0 Å². The maximum Gasteiger partial charge on any atom is 0.341 e. The minimum atomic E-state index is -0.633. The monoisotopic (exact) mass is 286 g/mol. The van der Waals surface area contributed by atoms with Crippen LogP contribution in [0, 0.1) is 6.92 Å². The maximum absolute atomic E-state index is 11.7. The molecule has 0 bridgehead atoms. The van der Waals surface area contributed by atoms with E-state index in [4.69, 9.17) is 14.6 Å². The molecule has 0 aliphatic carbocycles. The van der Waals surface area contributed by atoms with E-state index in [2.05, 4.69) is 0 Å². The lowest BCUT2D eigenvalue weighted by Gasteiger charge is -2.06. The molecule has 2 rings (SSSR count). The predicted octanol–water partition coefficient (Wildman–Crippen LogP) is 2.67. The van der Waals surface area contributed by atoms with Crippen LogP contribution in [0.3, 0.4) is 0 Å². The molecule has 2 aromatic rings. The molecular formula is C16H14O5. The van der Waals surface area contributed by atoms with E-state index in [1.165, 1.54) is 24.3 Å². The fraction of sp³-hybridized carbons (Fsp3) is 0.125. The molecule has 0 saturated carbocycles. The summed E-state index contributed by atoms with van der Waals surface area (Å²) in [5.41, 5.74) is 1.69. The Morgan fingerprint density at radius 3 is 1.76 bits per heavy atom. The third kappa shape index (κ3) is 4.07. The number of carbonyl (C=O) groups is 2. The van der Waals surface area contributed by atoms with Crippen LogP contribution in [0.15, 0.2) is 48.5 Å². The minimum absolute atomic E-state index is 0.0531. The summed E-state index contributed by atoms with van der Waals surface area (Å²) < 4.78 is 9.67. The zero-order valence-corrected chi connectivity index (χ0v) is 11.4. The third-order valence-electron chi connectivity index (χ3n) is 2.77. The number of hydrogen-bond acceptors (Lipinski definition) is 5. The van der Waals surface area contributed by atoms with Crippen LogP contribution >= 0.6 is 0 Å². The fourth-order valence-electron chi connectivity index (χ4n) is 1.59. The highest BCUT2D eigenvalue weighted by molar-refractivity contribution is 5.90. The van der Waals surface area contributed by atoms with Gasteiger partial charge in [0.1, 0.15) is 5.75 Å². The lowest BCUT2D eigenvalue weighted by molar-refractivity contribution is -0.0167. The van der Waals surface area contributed by atoms with Gasteiger partial charge in [-0.15, -0.1) is 0 Å². The first-order valence-electron chi connectivity index (χ1n) is 6.26. The van der Waals surface area contributed by atoms with Crippen molar-refractivity contribution in [2.24, 2.45) is 0 Å². The van der Waals surface area contributed by atoms with Gasteiger partial charge in [-0.2, -0.15) is 0 Å². The van der Waals surface area contributed by atoms with Crippen LogP contribution in [0.5, 0.6) is 5.75 Å². The van der Waals surface area contributed by atoms with E-state index in [1.807, 2.05) is 6.92 Å². The molecule has 0 amide bonds. The zero-order chi connectivity index (χ0) is 15.2. The van der Waals surface area contributed by atoms with Crippen LogP contribution in [0.25, 0.3) is 0 Å². The SMILES string of the molecule is Cc1ccc(C(=O)OCOC(=O)c2ccc(O)cc2)cc1. The second-order valence-corrected chi connectivity index (χ2v) is 4.39. The number of ether oxygens (including phenoxy) is 2. The van der Waals surface area contributed by atoms with Gasteiger partial charge in [-0.3, -0.25) is 0 Å². The summed E-state index contributed by atoms with van der Waals surface area (Å²) >= 11 is 0. The molecule has 0 aromatic heterocycles. The van der Waals surface area contributed by atoms with Crippen LogP contribution in [0.1, 0.15) is 26.3 Å². The van der Waals surface area contributed by atoms with E-state index in [0.29, 0.717) is 5.56 Å². The highest BCUT2D eigenvalue weighted by Crippen LogP contribution is 2.11. The van der Waals surface area contributed by atoms with Crippen LogP contribution in [0.4, 0.5) is 0 Å². The molecule has 0 aliphatic heterocycles. The van der Waals surface area contributed by atoms with Gasteiger partial charge < -0.3 is 14.6 Å². The van der Waals surface area contributed by atoms with Crippen molar-refractivity contribution < 1.29 is 24.2 Å². The second-order valence-electron chi connectivity index (χ2n) is 4.39. The summed E-state index contributed by atoms with van der Waals surface area (Å²) in [7, 11) is 0. The van der Waals surface area contributed by atoms with Crippen LogP contribution < -0.4 is 0 Å². The molecule has 108 valence electrons. The Kier molecular flexibility index (Phi) is 4.56. The predicted molar refractivity (Wildman–Crippen MR) is 75.0 cm³/mol. The van der Waals surface area contributed by atoms with E-state index in [0.717, 1.165) is 5.56 Å². The van der Waals surface area contributed by atoms with E-state index in [-0.39, 0.29) is 11.3 Å². The summed E-state index contributed by atoms with van der Waals surface area (Å²) in [6.07, 6.45) is 0.